The first kappa shape index (κ1) is 20.3. The fourth-order valence-electron chi connectivity index (χ4n) is 4.64. The Morgan fingerprint density at radius 2 is 1.91 bits per heavy atom. The molecule has 2 unspecified atom stereocenters. The number of nitrogens with one attached hydrogen (secondary N) is 1. The number of imidazole rings is 1. The molecule has 32 heavy (non-hydrogen) atoms. The standard InChI is InChI=1S/C25H27N5O2/c1-31-22-5-3-4-21(25(22)32-2)30-14-9-20(28-17-18-6-10-26-11-7-18)24(30)19-8-13-29-15-12-27-23(29)16-19/h3-8,10-13,15-16,20,24,28H,9,14,17H2,1-2H3. The van der Waals surface area contributed by atoms with Gasteiger partial charge < -0.3 is 24.1 Å². The van der Waals surface area contributed by atoms with Crippen LogP contribution in [-0.4, -0.2) is 41.2 Å². The molecule has 1 aliphatic heterocycles. The quantitative estimate of drug-likeness (QED) is 0.481. The SMILES string of the molecule is COc1cccc(N2CCC(NCc3ccncc3)C2c2ccn3ccnc3c2)c1OC. The third-order valence-electron chi connectivity index (χ3n) is 6.17. The van der Waals surface area contributed by atoms with Crippen LogP contribution in [0.1, 0.15) is 23.6 Å². The first-order valence-corrected chi connectivity index (χ1v) is 10.8. The Bertz CT molecular complexity index is 1190. The van der Waals surface area contributed by atoms with Crippen molar-refractivity contribution in [3.05, 3.63) is 84.6 Å². The van der Waals surface area contributed by atoms with Crippen LogP contribution < -0.4 is 19.7 Å². The molecule has 1 saturated heterocycles. The van der Waals surface area contributed by atoms with E-state index in [1.54, 1.807) is 14.2 Å². The van der Waals surface area contributed by atoms with E-state index in [9.17, 15) is 0 Å². The average molecular weight is 430 g/mol. The molecule has 7 nitrogen and oxygen atoms in total. The molecular weight excluding hydrogens is 402 g/mol. The number of benzene rings is 1. The Kier molecular flexibility index (Phi) is 5.64. The highest BCUT2D eigenvalue weighted by molar-refractivity contribution is 5.67. The highest BCUT2D eigenvalue weighted by atomic mass is 16.5. The van der Waals surface area contributed by atoms with Gasteiger partial charge in [-0.3, -0.25) is 4.98 Å². The monoisotopic (exact) mass is 429 g/mol. The smallest absolute Gasteiger partial charge is 0.184 e. The number of rotatable bonds is 7. The Morgan fingerprint density at radius 3 is 2.72 bits per heavy atom. The molecule has 3 aromatic heterocycles. The van der Waals surface area contributed by atoms with Gasteiger partial charge in [-0.25, -0.2) is 4.98 Å². The molecular formula is C25H27N5O2. The predicted octanol–water partition coefficient (Wildman–Crippen LogP) is 3.86. The average Bonchev–Trinajstić information content (AvgIpc) is 3.49. The minimum Gasteiger partial charge on any atom is -0.493 e. The molecule has 1 aliphatic rings. The third-order valence-corrected chi connectivity index (χ3v) is 6.17. The molecule has 5 rings (SSSR count). The largest absolute Gasteiger partial charge is 0.493 e. The van der Waals surface area contributed by atoms with E-state index in [1.165, 1.54) is 11.1 Å². The number of fused-ring (bicyclic) bond motifs is 1. The lowest BCUT2D eigenvalue weighted by atomic mass is 10.00. The predicted molar refractivity (Wildman–Crippen MR) is 124 cm³/mol. The van der Waals surface area contributed by atoms with Gasteiger partial charge in [-0.1, -0.05) is 6.07 Å². The van der Waals surface area contributed by atoms with Crippen molar-refractivity contribution in [2.45, 2.75) is 25.0 Å². The maximum absolute atomic E-state index is 5.78. The van der Waals surface area contributed by atoms with Crippen LogP contribution in [0.2, 0.25) is 0 Å². The number of hydrogen-bond acceptors (Lipinski definition) is 6. The van der Waals surface area contributed by atoms with Crippen LogP contribution in [0.25, 0.3) is 5.65 Å². The van der Waals surface area contributed by atoms with Crippen LogP contribution in [0.3, 0.4) is 0 Å². The van der Waals surface area contributed by atoms with Crippen molar-refractivity contribution in [1.29, 1.82) is 0 Å². The first-order valence-electron chi connectivity index (χ1n) is 10.8. The summed E-state index contributed by atoms with van der Waals surface area (Å²) in [4.78, 5) is 11.0. The molecule has 0 spiro atoms. The van der Waals surface area contributed by atoms with Crippen LogP contribution >= 0.6 is 0 Å². The molecule has 7 heteroatoms. The topological polar surface area (TPSA) is 63.9 Å². The van der Waals surface area contributed by atoms with Crippen molar-refractivity contribution in [3.8, 4) is 11.5 Å². The van der Waals surface area contributed by atoms with Crippen molar-refractivity contribution in [1.82, 2.24) is 19.7 Å². The summed E-state index contributed by atoms with van der Waals surface area (Å²) in [5.74, 6) is 1.50. The maximum Gasteiger partial charge on any atom is 0.184 e. The fourth-order valence-corrected chi connectivity index (χ4v) is 4.64. The zero-order valence-electron chi connectivity index (χ0n) is 18.3. The molecule has 0 aliphatic carbocycles. The van der Waals surface area contributed by atoms with Crippen molar-refractivity contribution in [2.24, 2.45) is 0 Å². The lowest BCUT2D eigenvalue weighted by Crippen LogP contribution is -2.36. The fraction of sp³-hybridized carbons (Fsp3) is 0.280. The zero-order valence-corrected chi connectivity index (χ0v) is 18.3. The van der Waals surface area contributed by atoms with Gasteiger partial charge in [-0.2, -0.15) is 0 Å². The summed E-state index contributed by atoms with van der Waals surface area (Å²) >= 11 is 0. The van der Waals surface area contributed by atoms with Crippen LogP contribution in [0.4, 0.5) is 5.69 Å². The van der Waals surface area contributed by atoms with E-state index in [1.807, 2.05) is 41.3 Å². The highest BCUT2D eigenvalue weighted by Gasteiger charge is 2.37. The highest BCUT2D eigenvalue weighted by Crippen LogP contribution is 2.44. The molecule has 1 aromatic carbocycles. The number of methoxy groups -OCH3 is 2. The second kappa shape index (κ2) is 8.88. The normalized spacial score (nSPS) is 18.2. The molecule has 2 atom stereocenters. The van der Waals surface area contributed by atoms with E-state index >= 15 is 0 Å². The van der Waals surface area contributed by atoms with Crippen molar-refractivity contribution in [2.75, 3.05) is 25.7 Å². The summed E-state index contributed by atoms with van der Waals surface area (Å²) < 4.78 is 13.4. The van der Waals surface area contributed by atoms with Crippen LogP contribution in [-0.2, 0) is 6.54 Å². The van der Waals surface area contributed by atoms with Gasteiger partial charge in [0.05, 0.1) is 25.9 Å². The molecule has 4 heterocycles. The summed E-state index contributed by atoms with van der Waals surface area (Å²) in [7, 11) is 3.37. The van der Waals surface area contributed by atoms with E-state index in [0.717, 1.165) is 42.3 Å². The van der Waals surface area contributed by atoms with Gasteiger partial charge in [0.25, 0.3) is 0 Å². The second-order valence-electron chi connectivity index (χ2n) is 7.94. The van der Waals surface area contributed by atoms with E-state index in [4.69, 9.17) is 9.47 Å². The first-order chi connectivity index (χ1) is 15.8. The molecule has 0 radical (unpaired) electrons. The van der Waals surface area contributed by atoms with Gasteiger partial charge in [0, 0.05) is 50.1 Å². The molecule has 1 N–H and O–H groups in total. The summed E-state index contributed by atoms with van der Waals surface area (Å²) in [6, 6.07) is 14.9. The van der Waals surface area contributed by atoms with Gasteiger partial charge in [0.1, 0.15) is 5.65 Å². The van der Waals surface area contributed by atoms with Crippen molar-refractivity contribution in [3.63, 3.8) is 0 Å². The Labute approximate surface area is 187 Å². The third kappa shape index (κ3) is 3.76. The minimum absolute atomic E-state index is 0.125. The zero-order chi connectivity index (χ0) is 21.9. The van der Waals surface area contributed by atoms with E-state index in [0.29, 0.717) is 0 Å². The van der Waals surface area contributed by atoms with Crippen LogP contribution in [0.5, 0.6) is 11.5 Å². The number of para-hydroxylation sites is 1. The summed E-state index contributed by atoms with van der Waals surface area (Å²) in [6.45, 7) is 1.69. The minimum atomic E-state index is 0.125. The number of nitrogens with zero attached hydrogens (tertiary/aromatic N) is 4. The van der Waals surface area contributed by atoms with Gasteiger partial charge in [0.15, 0.2) is 11.5 Å². The summed E-state index contributed by atoms with van der Waals surface area (Å²) in [5.41, 5.74) is 4.42. The number of aromatic nitrogens is 3. The lowest BCUT2D eigenvalue weighted by molar-refractivity contribution is 0.354. The Hall–Kier alpha value is -3.58. The number of pyridine rings is 2. The van der Waals surface area contributed by atoms with Gasteiger partial charge in [-0.05, 0) is 53.9 Å². The molecule has 4 aromatic rings. The number of ether oxygens (including phenoxy) is 2. The number of anilines is 1. The summed E-state index contributed by atoms with van der Waals surface area (Å²) in [6.07, 6.45) is 10.6. The van der Waals surface area contributed by atoms with Crippen LogP contribution in [0, 0.1) is 0 Å². The summed E-state index contributed by atoms with van der Waals surface area (Å²) in [5, 5.41) is 3.79. The molecule has 0 bridgehead atoms. The molecule has 164 valence electrons. The molecule has 0 amide bonds. The van der Waals surface area contributed by atoms with Crippen LogP contribution in [0.15, 0.2) is 73.4 Å². The Balaban J connectivity index is 1.52. The van der Waals surface area contributed by atoms with Gasteiger partial charge in [0.2, 0.25) is 0 Å². The van der Waals surface area contributed by atoms with Gasteiger partial charge in [-0.15, -0.1) is 0 Å². The molecule has 1 fully saturated rings. The van der Waals surface area contributed by atoms with E-state index in [2.05, 4.69) is 56.7 Å². The maximum atomic E-state index is 5.78. The molecule has 0 saturated carbocycles. The van der Waals surface area contributed by atoms with Crippen molar-refractivity contribution < 1.29 is 9.47 Å². The lowest BCUT2D eigenvalue weighted by Gasteiger charge is -2.32. The van der Waals surface area contributed by atoms with Crippen molar-refractivity contribution >= 4 is 11.3 Å². The second-order valence-corrected chi connectivity index (χ2v) is 7.94. The number of hydrogen-bond donors (Lipinski definition) is 1. The van der Waals surface area contributed by atoms with Gasteiger partial charge >= 0.3 is 0 Å². The van der Waals surface area contributed by atoms with E-state index < -0.39 is 0 Å². The Morgan fingerprint density at radius 1 is 1.03 bits per heavy atom. The van der Waals surface area contributed by atoms with E-state index in [-0.39, 0.29) is 12.1 Å².